The van der Waals surface area contributed by atoms with Crippen molar-refractivity contribution in [3.05, 3.63) is 70.8 Å². The largest absolute Gasteiger partial charge is 0.350 e. The van der Waals surface area contributed by atoms with Crippen molar-refractivity contribution in [3.63, 3.8) is 0 Å². The van der Waals surface area contributed by atoms with Gasteiger partial charge in [0.15, 0.2) is 0 Å². The third-order valence-electron chi connectivity index (χ3n) is 3.78. The van der Waals surface area contributed by atoms with Gasteiger partial charge in [-0.25, -0.2) is 8.78 Å². The summed E-state index contributed by atoms with van der Waals surface area (Å²) < 4.78 is 26.3. The maximum absolute atomic E-state index is 13.1. The molecule has 2 aromatic rings. The van der Waals surface area contributed by atoms with Gasteiger partial charge in [-0.15, -0.1) is 0 Å². The summed E-state index contributed by atoms with van der Waals surface area (Å²) >= 11 is 0. The summed E-state index contributed by atoms with van der Waals surface area (Å²) in [6, 6.07) is 9.53. The van der Waals surface area contributed by atoms with E-state index in [1.54, 1.807) is 24.3 Å². The van der Waals surface area contributed by atoms with Gasteiger partial charge < -0.3 is 10.6 Å². The molecule has 0 aliphatic heterocycles. The second kappa shape index (κ2) is 8.37. The van der Waals surface area contributed by atoms with E-state index in [1.807, 2.05) is 13.8 Å². The molecular weight excluding hydrogens is 326 g/mol. The van der Waals surface area contributed by atoms with Crippen molar-refractivity contribution >= 4 is 11.8 Å². The van der Waals surface area contributed by atoms with Crippen LogP contribution in [0.5, 0.6) is 0 Å². The SMILES string of the molecule is CC[C@H](C)NC(=O)c1ccc(CNC(=O)c2cc(F)cc(F)c2)cc1. The van der Waals surface area contributed by atoms with Crippen LogP contribution in [0.2, 0.25) is 0 Å². The van der Waals surface area contributed by atoms with Gasteiger partial charge in [0.05, 0.1) is 0 Å². The third-order valence-corrected chi connectivity index (χ3v) is 3.78. The van der Waals surface area contributed by atoms with Crippen molar-refractivity contribution in [3.8, 4) is 0 Å². The van der Waals surface area contributed by atoms with Gasteiger partial charge in [-0.3, -0.25) is 9.59 Å². The Hall–Kier alpha value is -2.76. The number of hydrogen-bond acceptors (Lipinski definition) is 2. The summed E-state index contributed by atoms with van der Waals surface area (Å²) in [4.78, 5) is 23.9. The molecule has 0 fully saturated rings. The van der Waals surface area contributed by atoms with Crippen LogP contribution in [0.3, 0.4) is 0 Å². The molecule has 0 saturated carbocycles. The number of carbonyl (C=O) groups excluding carboxylic acids is 2. The van der Waals surface area contributed by atoms with Crippen LogP contribution in [-0.4, -0.2) is 17.9 Å². The minimum absolute atomic E-state index is 0.0814. The number of hydrogen-bond donors (Lipinski definition) is 2. The lowest BCUT2D eigenvalue weighted by molar-refractivity contribution is 0.0934. The van der Waals surface area contributed by atoms with Crippen LogP contribution in [0.15, 0.2) is 42.5 Å². The number of amides is 2. The second-order valence-electron chi connectivity index (χ2n) is 5.82. The molecule has 0 radical (unpaired) electrons. The molecule has 25 heavy (non-hydrogen) atoms. The van der Waals surface area contributed by atoms with E-state index in [0.29, 0.717) is 11.6 Å². The second-order valence-corrected chi connectivity index (χ2v) is 5.82. The molecule has 0 spiro atoms. The maximum atomic E-state index is 13.1. The number of carbonyl (C=O) groups is 2. The molecule has 2 rings (SSSR count). The maximum Gasteiger partial charge on any atom is 0.251 e. The van der Waals surface area contributed by atoms with E-state index < -0.39 is 17.5 Å². The highest BCUT2D eigenvalue weighted by Crippen LogP contribution is 2.09. The van der Waals surface area contributed by atoms with E-state index in [9.17, 15) is 18.4 Å². The molecule has 132 valence electrons. The predicted molar refractivity (Wildman–Crippen MR) is 91.2 cm³/mol. The molecule has 1 atom stereocenters. The number of rotatable bonds is 6. The molecule has 2 amide bonds. The van der Waals surface area contributed by atoms with Crippen molar-refractivity contribution in [2.75, 3.05) is 0 Å². The fourth-order valence-corrected chi connectivity index (χ4v) is 2.15. The Balaban J connectivity index is 1.95. The standard InChI is InChI=1S/C19H20F2N2O2/c1-3-12(2)23-19(25)14-6-4-13(5-7-14)11-22-18(24)15-8-16(20)10-17(21)9-15/h4-10,12H,3,11H2,1-2H3,(H,22,24)(H,23,25)/t12-/m0/s1. The van der Waals surface area contributed by atoms with Gasteiger partial charge in [-0.05, 0) is 43.2 Å². The average molecular weight is 346 g/mol. The summed E-state index contributed by atoms with van der Waals surface area (Å²) in [5.74, 6) is -2.33. The van der Waals surface area contributed by atoms with Crippen LogP contribution in [0, 0.1) is 11.6 Å². The summed E-state index contributed by atoms with van der Waals surface area (Å²) in [7, 11) is 0. The quantitative estimate of drug-likeness (QED) is 0.842. The molecular formula is C19H20F2N2O2. The van der Waals surface area contributed by atoms with Crippen LogP contribution in [0.4, 0.5) is 8.78 Å². The van der Waals surface area contributed by atoms with Crippen molar-refractivity contribution < 1.29 is 18.4 Å². The predicted octanol–water partition coefficient (Wildman–Crippen LogP) is 3.42. The van der Waals surface area contributed by atoms with Crippen LogP contribution in [0.1, 0.15) is 46.5 Å². The normalized spacial score (nSPS) is 11.7. The summed E-state index contributed by atoms with van der Waals surface area (Å²) in [5, 5.41) is 5.45. The van der Waals surface area contributed by atoms with Gasteiger partial charge in [-0.2, -0.15) is 0 Å². The van der Waals surface area contributed by atoms with Crippen LogP contribution in [-0.2, 0) is 6.54 Å². The Morgan fingerprint density at radius 1 is 0.960 bits per heavy atom. The number of nitrogens with one attached hydrogen (secondary N) is 2. The van der Waals surface area contributed by atoms with E-state index in [1.165, 1.54) is 0 Å². The molecule has 2 aromatic carbocycles. The molecule has 2 N–H and O–H groups in total. The first kappa shape index (κ1) is 18.6. The highest BCUT2D eigenvalue weighted by molar-refractivity contribution is 5.95. The topological polar surface area (TPSA) is 58.2 Å². The minimum Gasteiger partial charge on any atom is -0.350 e. The summed E-state index contributed by atoms with van der Waals surface area (Å²) in [5.41, 5.74) is 1.22. The third kappa shape index (κ3) is 5.38. The van der Waals surface area contributed by atoms with Gasteiger partial charge in [0.1, 0.15) is 11.6 Å². The van der Waals surface area contributed by atoms with Crippen molar-refractivity contribution in [1.29, 1.82) is 0 Å². The Morgan fingerprint density at radius 2 is 1.56 bits per heavy atom. The Morgan fingerprint density at radius 3 is 2.12 bits per heavy atom. The Labute approximate surface area is 145 Å². The van der Waals surface area contributed by atoms with Gasteiger partial charge in [0, 0.05) is 29.8 Å². The monoisotopic (exact) mass is 346 g/mol. The first-order chi connectivity index (χ1) is 11.9. The van der Waals surface area contributed by atoms with Crippen LogP contribution >= 0.6 is 0 Å². The molecule has 6 heteroatoms. The molecule has 0 aromatic heterocycles. The zero-order valence-corrected chi connectivity index (χ0v) is 14.1. The first-order valence-electron chi connectivity index (χ1n) is 8.03. The van der Waals surface area contributed by atoms with Crippen LogP contribution in [0.25, 0.3) is 0 Å². The lowest BCUT2D eigenvalue weighted by Crippen LogP contribution is -2.31. The Kier molecular flexibility index (Phi) is 6.22. The summed E-state index contributed by atoms with van der Waals surface area (Å²) in [6.07, 6.45) is 0.844. The van der Waals surface area contributed by atoms with Gasteiger partial charge in [0.2, 0.25) is 0 Å². The number of benzene rings is 2. The van der Waals surface area contributed by atoms with Gasteiger partial charge in [0.25, 0.3) is 11.8 Å². The van der Waals surface area contributed by atoms with Crippen molar-refractivity contribution in [2.24, 2.45) is 0 Å². The smallest absolute Gasteiger partial charge is 0.251 e. The summed E-state index contributed by atoms with van der Waals surface area (Å²) in [6.45, 7) is 4.10. The molecule has 0 bridgehead atoms. The highest BCUT2D eigenvalue weighted by atomic mass is 19.1. The fourth-order valence-electron chi connectivity index (χ4n) is 2.15. The zero-order valence-electron chi connectivity index (χ0n) is 14.1. The minimum atomic E-state index is -0.804. The molecule has 0 heterocycles. The highest BCUT2D eigenvalue weighted by Gasteiger charge is 2.10. The number of halogens is 2. The molecule has 4 nitrogen and oxygen atoms in total. The first-order valence-corrected chi connectivity index (χ1v) is 8.03. The van der Waals surface area contributed by atoms with Crippen molar-refractivity contribution in [1.82, 2.24) is 10.6 Å². The lowest BCUT2D eigenvalue weighted by atomic mass is 10.1. The fraction of sp³-hybridized carbons (Fsp3) is 0.263. The van der Waals surface area contributed by atoms with Gasteiger partial charge >= 0.3 is 0 Å². The molecule has 0 aliphatic carbocycles. The van der Waals surface area contributed by atoms with E-state index in [-0.39, 0.29) is 24.1 Å². The molecule has 0 aliphatic rings. The molecule has 0 unspecified atom stereocenters. The van der Waals surface area contributed by atoms with E-state index in [4.69, 9.17) is 0 Å². The Bertz CT molecular complexity index is 740. The van der Waals surface area contributed by atoms with E-state index >= 15 is 0 Å². The molecule has 0 saturated heterocycles. The van der Waals surface area contributed by atoms with E-state index in [2.05, 4.69) is 10.6 Å². The lowest BCUT2D eigenvalue weighted by Gasteiger charge is -2.11. The van der Waals surface area contributed by atoms with Crippen molar-refractivity contribution in [2.45, 2.75) is 32.9 Å². The zero-order chi connectivity index (χ0) is 18.4. The van der Waals surface area contributed by atoms with Crippen LogP contribution < -0.4 is 10.6 Å². The van der Waals surface area contributed by atoms with Gasteiger partial charge in [-0.1, -0.05) is 19.1 Å². The van der Waals surface area contributed by atoms with E-state index in [0.717, 1.165) is 24.1 Å². The average Bonchev–Trinajstić information content (AvgIpc) is 2.59.